The van der Waals surface area contributed by atoms with Gasteiger partial charge in [-0.3, -0.25) is 0 Å². The van der Waals surface area contributed by atoms with Crippen LogP contribution >= 0.6 is 34.7 Å². The second kappa shape index (κ2) is 7.33. The lowest BCUT2D eigenvalue weighted by Gasteiger charge is -2.06. The SMILES string of the molecule is Cc1c(Cl)cccc1Nc1nnc(Sc2ccc3nnc(C(F)F)n3n2)s1. The highest BCUT2D eigenvalue weighted by molar-refractivity contribution is 8.01. The van der Waals surface area contributed by atoms with Gasteiger partial charge in [0.1, 0.15) is 5.03 Å². The van der Waals surface area contributed by atoms with Gasteiger partial charge in [-0.1, -0.05) is 29.0 Å². The lowest BCUT2D eigenvalue weighted by Crippen LogP contribution is -2.00. The number of anilines is 2. The van der Waals surface area contributed by atoms with E-state index in [0.29, 0.717) is 19.5 Å². The van der Waals surface area contributed by atoms with E-state index in [9.17, 15) is 8.78 Å². The molecule has 12 heteroatoms. The van der Waals surface area contributed by atoms with Gasteiger partial charge in [0, 0.05) is 10.7 Å². The summed E-state index contributed by atoms with van der Waals surface area (Å²) in [5.41, 5.74) is 1.99. The zero-order chi connectivity index (χ0) is 19.0. The Kier molecular flexibility index (Phi) is 4.89. The molecular formula is C15H10ClF2N7S2. The predicted octanol–water partition coefficient (Wildman–Crippen LogP) is 4.77. The highest BCUT2D eigenvalue weighted by Crippen LogP contribution is 2.33. The quantitative estimate of drug-likeness (QED) is 0.493. The molecule has 0 atom stereocenters. The fourth-order valence-electron chi connectivity index (χ4n) is 2.23. The number of hydrogen-bond acceptors (Lipinski definition) is 8. The molecule has 0 spiro atoms. The standard InChI is InChI=1S/C15H10ClF2N7S2/c1-7-8(16)3-2-4-9(7)19-14-22-23-15(27-14)26-11-6-5-10-20-21-13(12(17)18)25(10)24-11/h2-6,12H,1H3,(H,19,22). The van der Waals surface area contributed by atoms with E-state index < -0.39 is 12.2 Å². The molecule has 0 aliphatic rings. The summed E-state index contributed by atoms with van der Waals surface area (Å²) in [7, 11) is 0. The van der Waals surface area contributed by atoms with Crippen LogP contribution in [0.3, 0.4) is 0 Å². The lowest BCUT2D eigenvalue weighted by molar-refractivity contribution is 0.137. The number of benzene rings is 1. The van der Waals surface area contributed by atoms with E-state index >= 15 is 0 Å². The third-order valence-electron chi connectivity index (χ3n) is 3.57. The van der Waals surface area contributed by atoms with Crippen molar-refractivity contribution in [1.82, 2.24) is 30.0 Å². The zero-order valence-corrected chi connectivity index (χ0v) is 16.0. The van der Waals surface area contributed by atoms with Crippen LogP contribution < -0.4 is 5.32 Å². The highest BCUT2D eigenvalue weighted by atomic mass is 35.5. The molecule has 4 aromatic rings. The third-order valence-corrected chi connectivity index (χ3v) is 5.79. The minimum Gasteiger partial charge on any atom is -0.330 e. The highest BCUT2D eigenvalue weighted by Gasteiger charge is 2.17. The average molecular weight is 426 g/mol. The molecule has 1 aromatic carbocycles. The van der Waals surface area contributed by atoms with Crippen molar-refractivity contribution < 1.29 is 8.78 Å². The van der Waals surface area contributed by atoms with Gasteiger partial charge in [0.05, 0.1) is 0 Å². The Morgan fingerprint density at radius 2 is 2.00 bits per heavy atom. The topological polar surface area (TPSA) is 80.9 Å². The van der Waals surface area contributed by atoms with Gasteiger partial charge in [-0.25, -0.2) is 8.78 Å². The number of aromatic nitrogens is 6. The first-order valence-electron chi connectivity index (χ1n) is 7.55. The molecule has 3 heterocycles. The molecule has 3 aromatic heterocycles. The Morgan fingerprint density at radius 1 is 1.15 bits per heavy atom. The van der Waals surface area contributed by atoms with Crippen LogP contribution in [0.25, 0.3) is 5.65 Å². The molecule has 0 aliphatic heterocycles. The first kappa shape index (κ1) is 18.0. The largest absolute Gasteiger partial charge is 0.330 e. The van der Waals surface area contributed by atoms with Gasteiger partial charge in [-0.2, -0.15) is 9.61 Å². The van der Waals surface area contributed by atoms with Crippen LogP contribution in [-0.2, 0) is 0 Å². The first-order chi connectivity index (χ1) is 13.0. The predicted molar refractivity (Wildman–Crippen MR) is 99.2 cm³/mol. The van der Waals surface area contributed by atoms with E-state index in [-0.39, 0.29) is 5.65 Å². The maximum atomic E-state index is 13.0. The minimum atomic E-state index is -2.76. The summed E-state index contributed by atoms with van der Waals surface area (Å²) >= 11 is 8.64. The summed E-state index contributed by atoms with van der Waals surface area (Å²) in [6.07, 6.45) is -2.76. The van der Waals surface area contributed by atoms with Crippen LogP contribution in [0, 0.1) is 6.92 Å². The van der Waals surface area contributed by atoms with Gasteiger partial charge in [0.25, 0.3) is 6.43 Å². The van der Waals surface area contributed by atoms with E-state index in [2.05, 4.69) is 30.8 Å². The number of rotatable bonds is 5. The van der Waals surface area contributed by atoms with E-state index in [0.717, 1.165) is 15.8 Å². The van der Waals surface area contributed by atoms with Crippen LogP contribution in [0.2, 0.25) is 5.02 Å². The number of alkyl halides is 2. The second-order valence-electron chi connectivity index (χ2n) is 5.31. The van der Waals surface area contributed by atoms with Crippen LogP contribution in [0.5, 0.6) is 0 Å². The molecule has 0 bridgehead atoms. The summed E-state index contributed by atoms with van der Waals surface area (Å²) in [6.45, 7) is 1.90. The van der Waals surface area contributed by atoms with E-state index in [4.69, 9.17) is 11.6 Å². The van der Waals surface area contributed by atoms with E-state index in [1.165, 1.54) is 23.1 Å². The molecule has 4 rings (SSSR count). The van der Waals surface area contributed by atoms with Crippen LogP contribution in [0.1, 0.15) is 17.8 Å². The Balaban J connectivity index is 1.55. The average Bonchev–Trinajstić information content (AvgIpc) is 3.25. The van der Waals surface area contributed by atoms with Crippen molar-refractivity contribution >= 4 is 51.2 Å². The second-order valence-corrected chi connectivity index (χ2v) is 7.97. The van der Waals surface area contributed by atoms with E-state index in [1.807, 2.05) is 25.1 Å². The maximum absolute atomic E-state index is 13.0. The van der Waals surface area contributed by atoms with Crippen molar-refractivity contribution in [3.05, 3.63) is 46.7 Å². The van der Waals surface area contributed by atoms with Gasteiger partial charge < -0.3 is 5.32 Å². The summed E-state index contributed by atoms with van der Waals surface area (Å²) in [6, 6.07) is 8.78. The molecule has 0 unspecified atom stereocenters. The monoisotopic (exact) mass is 425 g/mol. The van der Waals surface area contributed by atoms with Gasteiger partial charge >= 0.3 is 0 Å². The summed E-state index contributed by atoms with van der Waals surface area (Å²) in [5.74, 6) is -0.497. The van der Waals surface area contributed by atoms with Crippen LogP contribution in [0.4, 0.5) is 19.6 Å². The molecule has 0 amide bonds. The molecule has 27 heavy (non-hydrogen) atoms. The number of nitrogens with one attached hydrogen (secondary N) is 1. The van der Waals surface area contributed by atoms with Crippen LogP contribution in [0.15, 0.2) is 39.7 Å². The first-order valence-corrected chi connectivity index (χ1v) is 9.56. The summed E-state index contributed by atoms with van der Waals surface area (Å²) in [5, 5.41) is 24.3. The Hall–Kier alpha value is -2.37. The molecule has 0 saturated carbocycles. The minimum absolute atomic E-state index is 0.255. The molecule has 1 N–H and O–H groups in total. The third kappa shape index (κ3) is 3.70. The molecule has 0 fully saturated rings. The molecule has 0 radical (unpaired) electrons. The molecule has 138 valence electrons. The Morgan fingerprint density at radius 3 is 2.81 bits per heavy atom. The van der Waals surface area contributed by atoms with Crippen molar-refractivity contribution in [1.29, 1.82) is 0 Å². The lowest BCUT2D eigenvalue weighted by atomic mass is 10.2. The molecule has 0 aliphatic carbocycles. The number of halogens is 3. The normalized spacial score (nSPS) is 11.4. The zero-order valence-electron chi connectivity index (χ0n) is 13.6. The Bertz CT molecular complexity index is 1110. The number of fused-ring (bicyclic) bond motifs is 1. The van der Waals surface area contributed by atoms with Crippen LogP contribution in [-0.4, -0.2) is 30.0 Å². The van der Waals surface area contributed by atoms with Gasteiger partial charge in [0.15, 0.2) is 9.99 Å². The Labute approximate surface area is 164 Å². The van der Waals surface area contributed by atoms with Crippen molar-refractivity contribution in [2.75, 3.05) is 5.32 Å². The van der Waals surface area contributed by atoms with Gasteiger partial charge in [0.2, 0.25) is 11.0 Å². The van der Waals surface area contributed by atoms with Gasteiger partial charge in [-0.15, -0.1) is 20.4 Å². The number of hydrogen-bond donors (Lipinski definition) is 1. The van der Waals surface area contributed by atoms with Crippen molar-refractivity contribution in [3.63, 3.8) is 0 Å². The van der Waals surface area contributed by atoms with Gasteiger partial charge in [-0.05, 0) is 48.5 Å². The fourth-order valence-corrected chi connectivity index (χ4v) is 4.07. The molecule has 7 nitrogen and oxygen atoms in total. The van der Waals surface area contributed by atoms with E-state index in [1.54, 1.807) is 12.1 Å². The number of nitrogens with zero attached hydrogens (tertiary/aromatic N) is 6. The summed E-state index contributed by atoms with van der Waals surface area (Å²) in [4.78, 5) is 0. The van der Waals surface area contributed by atoms with Crippen molar-refractivity contribution in [2.24, 2.45) is 0 Å². The molecular weight excluding hydrogens is 416 g/mol. The van der Waals surface area contributed by atoms with Crippen molar-refractivity contribution in [3.8, 4) is 0 Å². The fraction of sp³-hybridized carbons (Fsp3) is 0.133. The smallest absolute Gasteiger partial charge is 0.299 e. The summed E-state index contributed by atoms with van der Waals surface area (Å²) < 4.78 is 27.5. The van der Waals surface area contributed by atoms with Crippen molar-refractivity contribution in [2.45, 2.75) is 22.7 Å². The molecule has 0 saturated heterocycles. The maximum Gasteiger partial charge on any atom is 0.299 e.